The van der Waals surface area contributed by atoms with Crippen molar-refractivity contribution in [1.29, 1.82) is 0 Å². The van der Waals surface area contributed by atoms with Crippen molar-refractivity contribution in [2.24, 2.45) is 0 Å². The summed E-state index contributed by atoms with van der Waals surface area (Å²) in [6.07, 6.45) is 0. The topological polar surface area (TPSA) is 111 Å². The summed E-state index contributed by atoms with van der Waals surface area (Å²) in [6, 6.07) is 10.6. The molecule has 0 amide bonds. The van der Waals surface area contributed by atoms with Crippen LogP contribution >= 0.6 is 15.9 Å². The molecule has 0 saturated heterocycles. The number of carbonyl (C=O) groups is 3. The van der Waals surface area contributed by atoms with Crippen molar-refractivity contribution in [1.82, 2.24) is 5.32 Å². The van der Waals surface area contributed by atoms with Crippen molar-refractivity contribution in [2.75, 3.05) is 20.8 Å². The third kappa shape index (κ3) is 3.78. The zero-order valence-electron chi connectivity index (χ0n) is 18.0. The zero-order valence-corrected chi connectivity index (χ0v) is 19.6. The summed E-state index contributed by atoms with van der Waals surface area (Å²) >= 11 is 3.41. The van der Waals surface area contributed by atoms with Crippen LogP contribution in [0.5, 0.6) is 11.5 Å². The molecule has 0 saturated carbocycles. The number of carboxylic acid groups (broad SMARTS) is 1. The minimum Gasteiger partial charge on any atom is -0.493 e. The van der Waals surface area contributed by atoms with Crippen LogP contribution in [-0.2, 0) is 14.3 Å². The highest BCUT2D eigenvalue weighted by Crippen LogP contribution is 2.49. The molecule has 2 aromatic carbocycles. The van der Waals surface area contributed by atoms with E-state index in [0.717, 1.165) is 5.56 Å². The number of dihydropyridines is 1. The minimum absolute atomic E-state index is 0.187. The Kier molecular flexibility index (Phi) is 5.99. The highest BCUT2D eigenvalue weighted by atomic mass is 79.9. The minimum atomic E-state index is -1.14. The van der Waals surface area contributed by atoms with Crippen molar-refractivity contribution >= 4 is 39.3 Å². The number of esters is 1. The lowest BCUT2D eigenvalue weighted by Gasteiger charge is -2.29. The number of halogens is 1. The van der Waals surface area contributed by atoms with Crippen molar-refractivity contribution in [3.63, 3.8) is 0 Å². The fourth-order valence-electron chi connectivity index (χ4n) is 4.22. The van der Waals surface area contributed by atoms with Gasteiger partial charge >= 0.3 is 11.9 Å². The van der Waals surface area contributed by atoms with E-state index in [1.807, 2.05) is 12.1 Å². The maximum atomic E-state index is 13.5. The number of ketones is 1. The molecule has 9 heteroatoms. The van der Waals surface area contributed by atoms with E-state index in [2.05, 4.69) is 21.2 Å². The number of ether oxygens (including phenoxy) is 3. The molecule has 170 valence electrons. The number of hydrogen-bond donors (Lipinski definition) is 2. The average molecular weight is 514 g/mol. The van der Waals surface area contributed by atoms with Crippen LogP contribution in [0.25, 0.3) is 5.70 Å². The zero-order chi connectivity index (χ0) is 23.9. The summed E-state index contributed by atoms with van der Waals surface area (Å²) in [5.41, 5.74) is 3.82. The van der Waals surface area contributed by atoms with Gasteiger partial charge in [0.2, 0.25) is 0 Å². The summed E-state index contributed by atoms with van der Waals surface area (Å²) in [4.78, 5) is 37.2. The quantitative estimate of drug-likeness (QED) is 0.562. The second-order valence-corrected chi connectivity index (χ2v) is 8.32. The highest BCUT2D eigenvalue weighted by molar-refractivity contribution is 9.10. The summed E-state index contributed by atoms with van der Waals surface area (Å²) in [7, 11) is 2.71. The molecule has 1 atom stereocenters. The molecular weight excluding hydrogens is 494 g/mol. The molecule has 0 radical (unpaired) electrons. The van der Waals surface area contributed by atoms with E-state index < -0.39 is 24.5 Å². The molecule has 0 spiro atoms. The number of benzene rings is 2. The maximum Gasteiger partial charge on any atom is 0.341 e. The van der Waals surface area contributed by atoms with E-state index in [4.69, 9.17) is 19.3 Å². The number of fused-ring (bicyclic) bond motifs is 2. The van der Waals surface area contributed by atoms with E-state index in [1.165, 1.54) is 14.2 Å². The van der Waals surface area contributed by atoms with Gasteiger partial charge in [-0.2, -0.15) is 0 Å². The molecule has 4 rings (SSSR count). The van der Waals surface area contributed by atoms with Gasteiger partial charge in [0.15, 0.2) is 23.9 Å². The highest BCUT2D eigenvalue weighted by Gasteiger charge is 2.43. The van der Waals surface area contributed by atoms with Crippen LogP contribution in [0.3, 0.4) is 0 Å². The van der Waals surface area contributed by atoms with Crippen LogP contribution in [0, 0.1) is 0 Å². The Labute approximate surface area is 198 Å². The van der Waals surface area contributed by atoms with E-state index in [0.29, 0.717) is 38.1 Å². The Morgan fingerprint density at radius 1 is 1.15 bits per heavy atom. The third-order valence-corrected chi connectivity index (χ3v) is 6.17. The molecule has 1 heterocycles. The van der Waals surface area contributed by atoms with Gasteiger partial charge in [-0.3, -0.25) is 4.79 Å². The Balaban J connectivity index is 1.92. The van der Waals surface area contributed by atoms with Gasteiger partial charge < -0.3 is 24.6 Å². The Morgan fingerprint density at radius 2 is 1.85 bits per heavy atom. The SMILES string of the molecule is COC(=O)C1=C(C)NC2=C(C(=O)c3ccccc32)[C@H]1c1cc(Br)c(OCC(=O)O)c(OC)c1. The van der Waals surface area contributed by atoms with Crippen LogP contribution < -0.4 is 14.8 Å². The number of nitrogens with one attached hydrogen (secondary N) is 1. The maximum absolute atomic E-state index is 13.5. The number of Topliss-reactive ketones (excluding diaryl/α,β-unsaturated/α-hetero) is 1. The first kappa shape index (κ1) is 22.6. The molecule has 1 aliphatic heterocycles. The number of aliphatic carboxylic acids is 1. The molecule has 33 heavy (non-hydrogen) atoms. The van der Waals surface area contributed by atoms with Crippen LogP contribution in [0.1, 0.15) is 34.3 Å². The van der Waals surface area contributed by atoms with Gasteiger partial charge in [-0.15, -0.1) is 0 Å². The first-order valence-electron chi connectivity index (χ1n) is 9.94. The number of rotatable bonds is 6. The number of methoxy groups -OCH3 is 2. The molecule has 2 N–H and O–H groups in total. The van der Waals surface area contributed by atoms with E-state index in [9.17, 15) is 14.4 Å². The number of carbonyl (C=O) groups excluding carboxylic acids is 2. The molecule has 8 nitrogen and oxygen atoms in total. The number of allylic oxidation sites excluding steroid dienone is 2. The molecule has 0 unspecified atom stereocenters. The number of carboxylic acids is 1. The van der Waals surface area contributed by atoms with Gasteiger partial charge in [-0.1, -0.05) is 24.3 Å². The molecular formula is C24H20BrNO7. The molecule has 2 aliphatic rings. The van der Waals surface area contributed by atoms with Crippen molar-refractivity contribution < 1.29 is 33.7 Å². The van der Waals surface area contributed by atoms with Crippen LogP contribution in [-0.4, -0.2) is 43.7 Å². The predicted octanol–water partition coefficient (Wildman–Crippen LogP) is 3.66. The number of hydrogen-bond acceptors (Lipinski definition) is 7. The van der Waals surface area contributed by atoms with Crippen molar-refractivity contribution in [2.45, 2.75) is 12.8 Å². The lowest BCUT2D eigenvalue weighted by Crippen LogP contribution is -2.29. The Morgan fingerprint density at radius 3 is 2.48 bits per heavy atom. The van der Waals surface area contributed by atoms with Crippen molar-refractivity contribution in [3.05, 3.63) is 74.4 Å². The molecule has 0 aromatic heterocycles. The third-order valence-electron chi connectivity index (χ3n) is 5.58. The largest absolute Gasteiger partial charge is 0.493 e. The summed E-state index contributed by atoms with van der Waals surface area (Å²) < 4.78 is 16.3. The van der Waals surface area contributed by atoms with Gasteiger partial charge in [0.25, 0.3) is 0 Å². The smallest absolute Gasteiger partial charge is 0.341 e. The van der Waals surface area contributed by atoms with Crippen LogP contribution in [0.4, 0.5) is 0 Å². The van der Waals surface area contributed by atoms with E-state index in [1.54, 1.807) is 31.2 Å². The first-order valence-corrected chi connectivity index (χ1v) is 10.7. The lowest BCUT2D eigenvalue weighted by atomic mass is 9.79. The van der Waals surface area contributed by atoms with Crippen LogP contribution in [0.2, 0.25) is 0 Å². The Hall–Kier alpha value is -3.59. The molecule has 0 fully saturated rings. The van der Waals surface area contributed by atoms with Gasteiger partial charge in [0.1, 0.15) is 0 Å². The van der Waals surface area contributed by atoms with E-state index in [-0.39, 0.29) is 17.3 Å². The normalized spacial score (nSPS) is 16.7. The summed E-state index contributed by atoms with van der Waals surface area (Å²) in [6.45, 7) is 1.20. The summed E-state index contributed by atoms with van der Waals surface area (Å²) in [5, 5.41) is 12.2. The molecule has 2 aromatic rings. The molecule has 0 bridgehead atoms. The first-order chi connectivity index (χ1) is 15.8. The monoisotopic (exact) mass is 513 g/mol. The second kappa shape index (κ2) is 8.74. The Bertz CT molecular complexity index is 1260. The van der Waals surface area contributed by atoms with Crippen LogP contribution in [0.15, 0.2) is 57.7 Å². The second-order valence-electron chi connectivity index (χ2n) is 7.47. The fraction of sp³-hybridized carbons (Fsp3) is 0.208. The van der Waals surface area contributed by atoms with Gasteiger partial charge in [0, 0.05) is 28.3 Å². The standard InChI is InChI=1S/C24H20BrNO7/c1-11-18(24(30)32-3)19(20-21(26-11)13-6-4-5-7-14(13)22(20)29)12-8-15(25)23(16(9-12)31-2)33-10-17(27)28/h4-9,19,26H,10H2,1-3H3,(H,27,28)/t19-/m0/s1. The lowest BCUT2D eigenvalue weighted by molar-refractivity contribution is -0.139. The van der Waals surface area contributed by atoms with Crippen molar-refractivity contribution in [3.8, 4) is 11.5 Å². The van der Waals surface area contributed by atoms with E-state index >= 15 is 0 Å². The van der Waals surface area contributed by atoms with Gasteiger partial charge in [-0.25, -0.2) is 9.59 Å². The summed E-state index contributed by atoms with van der Waals surface area (Å²) in [5.74, 6) is -2.18. The molecule has 1 aliphatic carbocycles. The fourth-order valence-corrected chi connectivity index (χ4v) is 4.80. The average Bonchev–Trinajstić information content (AvgIpc) is 3.08. The van der Waals surface area contributed by atoms with Gasteiger partial charge in [-0.05, 0) is 40.5 Å². The predicted molar refractivity (Wildman–Crippen MR) is 122 cm³/mol. The van der Waals surface area contributed by atoms with Gasteiger partial charge in [0.05, 0.1) is 30.0 Å².